The third-order valence-electron chi connectivity index (χ3n) is 3.46. The van der Waals surface area contributed by atoms with Crippen molar-refractivity contribution in [3.63, 3.8) is 0 Å². The Hall–Kier alpha value is -3.59. The Morgan fingerprint density at radius 2 is 2.00 bits per heavy atom. The molecule has 0 fully saturated rings. The smallest absolute Gasteiger partial charge is 0.271 e. The van der Waals surface area contributed by atoms with Crippen LogP contribution in [0.2, 0.25) is 0 Å². The minimum absolute atomic E-state index is 0.0231. The maximum absolute atomic E-state index is 12.2. The highest BCUT2D eigenvalue weighted by Crippen LogP contribution is 2.23. The number of nitro benzene ring substituents is 1. The van der Waals surface area contributed by atoms with Crippen molar-refractivity contribution in [2.24, 2.45) is 0 Å². The molecule has 1 heterocycles. The summed E-state index contributed by atoms with van der Waals surface area (Å²) < 4.78 is 0. The van der Waals surface area contributed by atoms with Gasteiger partial charge in [0.05, 0.1) is 22.5 Å². The molecule has 24 heavy (non-hydrogen) atoms. The summed E-state index contributed by atoms with van der Waals surface area (Å²) in [6.07, 6.45) is 1.54. The van der Waals surface area contributed by atoms with Crippen LogP contribution in [-0.4, -0.2) is 22.4 Å². The van der Waals surface area contributed by atoms with Gasteiger partial charge < -0.3 is 10.3 Å². The first-order valence-electron chi connectivity index (χ1n) is 7.23. The number of carbonyl (C=O) groups is 1. The topological polar surface area (TPSA) is 88.0 Å². The molecule has 0 saturated carbocycles. The van der Waals surface area contributed by atoms with E-state index in [1.807, 2.05) is 30.3 Å². The molecule has 118 valence electrons. The molecule has 1 aromatic heterocycles. The second-order valence-corrected chi connectivity index (χ2v) is 5.04. The van der Waals surface area contributed by atoms with Crippen molar-refractivity contribution >= 4 is 22.5 Å². The third-order valence-corrected chi connectivity index (χ3v) is 3.46. The van der Waals surface area contributed by atoms with Crippen LogP contribution in [0.4, 0.5) is 5.69 Å². The molecule has 0 unspecified atom stereocenters. The normalized spacial score (nSPS) is 10.0. The Morgan fingerprint density at radius 3 is 2.75 bits per heavy atom. The molecule has 0 spiro atoms. The Balaban J connectivity index is 1.70. The fraction of sp³-hybridized carbons (Fsp3) is 0.0556. The number of fused-ring (bicyclic) bond motifs is 1. The molecule has 0 atom stereocenters. The molecule has 0 bridgehead atoms. The van der Waals surface area contributed by atoms with Gasteiger partial charge in [-0.2, -0.15) is 0 Å². The molecule has 3 rings (SSSR count). The first kappa shape index (κ1) is 15.3. The van der Waals surface area contributed by atoms with Crippen LogP contribution < -0.4 is 5.32 Å². The second kappa shape index (κ2) is 6.67. The molecule has 0 aliphatic carbocycles. The van der Waals surface area contributed by atoms with E-state index in [0.29, 0.717) is 16.5 Å². The molecule has 0 saturated heterocycles. The van der Waals surface area contributed by atoms with Crippen LogP contribution in [0.3, 0.4) is 0 Å². The Kier molecular flexibility index (Phi) is 4.25. The van der Waals surface area contributed by atoms with Crippen LogP contribution in [0, 0.1) is 22.0 Å². The number of aromatic amines is 1. The number of carbonyl (C=O) groups excluding carboxylic acids is 1. The number of hydrogen-bond acceptors (Lipinski definition) is 3. The van der Waals surface area contributed by atoms with E-state index in [0.717, 1.165) is 5.56 Å². The van der Waals surface area contributed by atoms with Crippen LogP contribution in [-0.2, 0) is 0 Å². The maximum Gasteiger partial charge on any atom is 0.271 e. The van der Waals surface area contributed by atoms with E-state index >= 15 is 0 Å². The number of rotatable bonds is 3. The van der Waals surface area contributed by atoms with Gasteiger partial charge in [-0.15, -0.1) is 0 Å². The van der Waals surface area contributed by atoms with E-state index in [2.05, 4.69) is 22.1 Å². The zero-order valence-corrected chi connectivity index (χ0v) is 12.6. The molecule has 6 heteroatoms. The highest BCUT2D eigenvalue weighted by molar-refractivity contribution is 6.07. The largest absolute Gasteiger partial charge is 0.360 e. The molecule has 2 aromatic carbocycles. The van der Waals surface area contributed by atoms with Gasteiger partial charge in [0.25, 0.3) is 11.6 Å². The van der Waals surface area contributed by atoms with Crippen molar-refractivity contribution in [1.29, 1.82) is 0 Å². The van der Waals surface area contributed by atoms with Gasteiger partial charge in [0.15, 0.2) is 0 Å². The minimum atomic E-state index is -0.473. The maximum atomic E-state index is 12.2. The van der Waals surface area contributed by atoms with E-state index < -0.39 is 4.92 Å². The standard InChI is InChI=1S/C18H13N3O3/c22-18(19-10-4-7-13-5-2-1-3-6-13)16-12-20-17-11-14(21(23)24)8-9-15(16)17/h1-3,5-6,8-9,11-12,20H,10H2,(H,19,22). The molecule has 1 amide bonds. The molecule has 3 aromatic rings. The molecular formula is C18H13N3O3. The van der Waals surface area contributed by atoms with Crippen molar-refractivity contribution in [3.05, 3.63) is 76.0 Å². The van der Waals surface area contributed by atoms with Gasteiger partial charge in [-0.05, 0) is 18.2 Å². The van der Waals surface area contributed by atoms with E-state index in [1.54, 1.807) is 6.07 Å². The van der Waals surface area contributed by atoms with Gasteiger partial charge in [0.1, 0.15) is 0 Å². The number of nitro groups is 1. The molecule has 0 aliphatic heterocycles. The highest BCUT2D eigenvalue weighted by Gasteiger charge is 2.14. The SMILES string of the molecule is O=C(NCC#Cc1ccccc1)c1c[nH]c2cc([N+](=O)[O-])ccc12. The van der Waals surface area contributed by atoms with E-state index in [1.165, 1.54) is 18.3 Å². The monoisotopic (exact) mass is 319 g/mol. The van der Waals surface area contributed by atoms with Crippen molar-refractivity contribution in [1.82, 2.24) is 10.3 Å². The predicted molar refractivity (Wildman–Crippen MR) is 90.6 cm³/mol. The van der Waals surface area contributed by atoms with Gasteiger partial charge >= 0.3 is 0 Å². The van der Waals surface area contributed by atoms with Crippen LogP contribution in [0.15, 0.2) is 54.7 Å². The number of aromatic nitrogens is 1. The summed E-state index contributed by atoms with van der Waals surface area (Å²) in [4.78, 5) is 25.4. The number of hydrogen-bond donors (Lipinski definition) is 2. The van der Waals surface area contributed by atoms with E-state index in [4.69, 9.17) is 0 Å². The first-order valence-corrected chi connectivity index (χ1v) is 7.23. The van der Waals surface area contributed by atoms with Gasteiger partial charge in [-0.1, -0.05) is 30.0 Å². The minimum Gasteiger partial charge on any atom is -0.360 e. The van der Waals surface area contributed by atoms with Crippen molar-refractivity contribution in [3.8, 4) is 11.8 Å². The highest BCUT2D eigenvalue weighted by atomic mass is 16.6. The number of amides is 1. The van der Waals surface area contributed by atoms with Gasteiger partial charge in [0, 0.05) is 29.3 Å². The zero-order valence-electron chi connectivity index (χ0n) is 12.6. The number of non-ortho nitro benzene ring substituents is 1. The first-order chi connectivity index (χ1) is 11.6. The average Bonchev–Trinajstić information content (AvgIpc) is 3.02. The number of benzene rings is 2. The fourth-order valence-corrected chi connectivity index (χ4v) is 2.30. The lowest BCUT2D eigenvalue weighted by Crippen LogP contribution is -2.23. The number of H-pyrrole nitrogens is 1. The summed E-state index contributed by atoms with van der Waals surface area (Å²) in [6.45, 7) is 0.216. The van der Waals surface area contributed by atoms with Gasteiger partial charge in [0.2, 0.25) is 0 Å². The fourth-order valence-electron chi connectivity index (χ4n) is 2.30. The van der Waals surface area contributed by atoms with Crippen LogP contribution in [0.25, 0.3) is 10.9 Å². The summed E-state index contributed by atoms with van der Waals surface area (Å²) in [6, 6.07) is 13.8. The lowest BCUT2D eigenvalue weighted by atomic mass is 10.1. The molecule has 2 N–H and O–H groups in total. The second-order valence-electron chi connectivity index (χ2n) is 5.04. The van der Waals surface area contributed by atoms with Crippen molar-refractivity contribution < 1.29 is 9.72 Å². The summed E-state index contributed by atoms with van der Waals surface area (Å²) in [5.41, 5.74) is 1.84. The van der Waals surface area contributed by atoms with Crippen molar-refractivity contribution in [2.75, 3.05) is 6.54 Å². The Morgan fingerprint density at radius 1 is 1.21 bits per heavy atom. The van der Waals surface area contributed by atoms with Gasteiger partial charge in [-0.25, -0.2) is 0 Å². The lowest BCUT2D eigenvalue weighted by Gasteiger charge is -1.99. The van der Waals surface area contributed by atoms with Gasteiger partial charge in [-0.3, -0.25) is 14.9 Å². The Bertz CT molecular complexity index is 965. The average molecular weight is 319 g/mol. The van der Waals surface area contributed by atoms with E-state index in [-0.39, 0.29) is 18.1 Å². The predicted octanol–water partition coefficient (Wildman–Crippen LogP) is 2.86. The van der Waals surface area contributed by atoms with Crippen molar-refractivity contribution in [2.45, 2.75) is 0 Å². The Labute approximate surface area is 137 Å². The zero-order chi connectivity index (χ0) is 16.9. The van der Waals surface area contributed by atoms with Crippen LogP contribution in [0.5, 0.6) is 0 Å². The quantitative estimate of drug-likeness (QED) is 0.442. The molecule has 0 aliphatic rings. The summed E-state index contributed by atoms with van der Waals surface area (Å²) >= 11 is 0. The number of nitrogens with one attached hydrogen (secondary N) is 2. The van der Waals surface area contributed by atoms with Crippen LogP contribution >= 0.6 is 0 Å². The number of nitrogens with zero attached hydrogens (tertiary/aromatic N) is 1. The lowest BCUT2D eigenvalue weighted by molar-refractivity contribution is -0.384. The summed E-state index contributed by atoms with van der Waals surface area (Å²) in [5, 5.41) is 14.1. The summed E-state index contributed by atoms with van der Waals surface area (Å²) in [5.74, 6) is 5.56. The molecule has 6 nitrogen and oxygen atoms in total. The third kappa shape index (κ3) is 3.25. The molecular weight excluding hydrogens is 306 g/mol. The van der Waals surface area contributed by atoms with E-state index in [9.17, 15) is 14.9 Å². The summed E-state index contributed by atoms with van der Waals surface area (Å²) in [7, 11) is 0. The van der Waals surface area contributed by atoms with Crippen LogP contribution in [0.1, 0.15) is 15.9 Å². The molecule has 0 radical (unpaired) electrons.